The van der Waals surface area contributed by atoms with Crippen LogP contribution in [0.15, 0.2) is 16.3 Å². The van der Waals surface area contributed by atoms with E-state index in [1.807, 2.05) is 0 Å². The van der Waals surface area contributed by atoms with Crippen LogP contribution in [0.25, 0.3) is 0 Å². The topological polar surface area (TPSA) is 27.6 Å². The van der Waals surface area contributed by atoms with Crippen molar-refractivity contribution in [1.82, 2.24) is 9.95 Å². The fourth-order valence-electron chi connectivity index (χ4n) is 0.689. The number of hydrazone groups is 1. The van der Waals surface area contributed by atoms with E-state index in [2.05, 4.69) is 17.5 Å². The number of nitrogens with one attached hydrogen (secondary N) is 1. The minimum absolute atomic E-state index is 0.324. The number of hydrogen-bond donors (Lipinski definition) is 1. The molecule has 0 bridgehead atoms. The number of allylic oxidation sites excluding steroid dienone is 1. The van der Waals surface area contributed by atoms with Crippen molar-refractivity contribution in [3.05, 3.63) is 11.2 Å². The summed E-state index contributed by atoms with van der Waals surface area (Å²) < 4.78 is 1.61. The second-order valence-electron chi connectivity index (χ2n) is 2.47. The molecule has 1 aliphatic rings. The SMILES string of the molecule is CCCCSN1N=C(Cl)C(Cl)=CN1. The zero-order valence-corrected chi connectivity index (χ0v) is 9.59. The molecule has 1 N–H and O–H groups in total. The molecule has 0 aromatic carbocycles. The Morgan fingerprint density at radius 2 is 2.38 bits per heavy atom. The molecule has 0 amide bonds. The summed E-state index contributed by atoms with van der Waals surface area (Å²) in [4.78, 5) is 0. The molecule has 1 aliphatic heterocycles. The predicted octanol–water partition coefficient (Wildman–Crippen LogP) is 2.89. The van der Waals surface area contributed by atoms with Crippen LogP contribution in [0.5, 0.6) is 0 Å². The number of rotatable bonds is 4. The first-order valence-corrected chi connectivity index (χ1v) is 5.73. The van der Waals surface area contributed by atoms with E-state index in [1.165, 1.54) is 6.42 Å². The number of halogens is 2. The Morgan fingerprint density at radius 3 is 3.00 bits per heavy atom. The maximum atomic E-state index is 5.73. The van der Waals surface area contributed by atoms with E-state index in [0.717, 1.165) is 12.2 Å². The van der Waals surface area contributed by atoms with Gasteiger partial charge in [-0.2, -0.15) is 0 Å². The number of hydrazine groups is 1. The molecule has 13 heavy (non-hydrogen) atoms. The zero-order chi connectivity index (χ0) is 9.68. The average Bonchev–Trinajstić information content (AvgIpc) is 2.12. The summed E-state index contributed by atoms with van der Waals surface area (Å²) in [7, 11) is 0. The Hall–Kier alpha value is -0.0600. The summed E-state index contributed by atoms with van der Waals surface area (Å²) in [6.45, 7) is 2.15. The maximum absolute atomic E-state index is 5.73. The standard InChI is InChI=1S/C7H11Cl2N3S/c1-2-3-4-13-12-10-5-6(8)7(9)11-12/h5,10H,2-4H2,1H3. The third-order valence-corrected chi connectivity index (χ3v) is 2.96. The molecule has 0 aromatic heterocycles. The molecule has 0 aromatic rings. The molecule has 1 rings (SSSR count). The van der Waals surface area contributed by atoms with Crippen molar-refractivity contribution in [3.63, 3.8) is 0 Å². The molecule has 0 saturated carbocycles. The van der Waals surface area contributed by atoms with Crippen molar-refractivity contribution in [2.75, 3.05) is 5.75 Å². The quantitative estimate of drug-likeness (QED) is 0.604. The van der Waals surface area contributed by atoms with E-state index in [-0.39, 0.29) is 0 Å². The Bertz CT molecular complexity index is 230. The smallest absolute Gasteiger partial charge is 0.172 e. The van der Waals surface area contributed by atoms with E-state index in [1.54, 1.807) is 22.7 Å². The molecule has 74 valence electrons. The van der Waals surface area contributed by atoms with Gasteiger partial charge in [-0.1, -0.05) is 36.5 Å². The van der Waals surface area contributed by atoms with Crippen LogP contribution in [-0.2, 0) is 0 Å². The summed E-state index contributed by atoms with van der Waals surface area (Å²) in [6, 6.07) is 0. The molecule has 0 saturated heterocycles. The van der Waals surface area contributed by atoms with E-state index in [4.69, 9.17) is 23.2 Å². The lowest BCUT2D eigenvalue weighted by Crippen LogP contribution is -2.27. The highest BCUT2D eigenvalue weighted by Gasteiger charge is 2.10. The molecule has 3 nitrogen and oxygen atoms in total. The third-order valence-electron chi connectivity index (χ3n) is 1.39. The van der Waals surface area contributed by atoms with Gasteiger partial charge in [0, 0.05) is 12.0 Å². The van der Waals surface area contributed by atoms with E-state index >= 15 is 0 Å². The molecule has 0 atom stereocenters. The van der Waals surface area contributed by atoms with Crippen molar-refractivity contribution < 1.29 is 0 Å². The zero-order valence-electron chi connectivity index (χ0n) is 7.26. The van der Waals surface area contributed by atoms with Crippen LogP contribution in [0, 0.1) is 0 Å². The van der Waals surface area contributed by atoms with Gasteiger partial charge in [0.1, 0.15) is 0 Å². The Balaban J connectivity index is 2.31. The monoisotopic (exact) mass is 239 g/mol. The predicted molar refractivity (Wildman–Crippen MR) is 59.6 cm³/mol. The van der Waals surface area contributed by atoms with Gasteiger partial charge in [-0.25, -0.2) is 0 Å². The molecule has 0 spiro atoms. The number of hydrogen-bond acceptors (Lipinski definition) is 4. The van der Waals surface area contributed by atoms with Gasteiger partial charge in [-0.3, -0.25) is 5.43 Å². The second kappa shape index (κ2) is 5.62. The summed E-state index contributed by atoms with van der Waals surface area (Å²) in [5.74, 6) is 1.02. The van der Waals surface area contributed by atoms with Gasteiger partial charge in [-0.05, 0) is 18.4 Å². The van der Waals surface area contributed by atoms with E-state index < -0.39 is 0 Å². The molecule has 1 heterocycles. The Kier molecular flexibility index (Phi) is 4.77. The lowest BCUT2D eigenvalue weighted by atomic mass is 10.4. The Morgan fingerprint density at radius 1 is 1.62 bits per heavy atom. The summed E-state index contributed by atoms with van der Waals surface area (Å²) in [5, 5.41) is 4.76. The molecule has 0 fully saturated rings. The fourth-order valence-corrected chi connectivity index (χ4v) is 1.81. The van der Waals surface area contributed by atoms with Crippen LogP contribution in [0.3, 0.4) is 0 Å². The van der Waals surface area contributed by atoms with Gasteiger partial charge in [0.05, 0.1) is 5.03 Å². The normalized spacial score (nSPS) is 16.4. The molecule has 0 radical (unpaired) electrons. The van der Waals surface area contributed by atoms with E-state index in [9.17, 15) is 0 Å². The minimum atomic E-state index is 0.324. The van der Waals surface area contributed by atoms with Crippen molar-refractivity contribution in [3.8, 4) is 0 Å². The first kappa shape index (κ1) is 11.0. The number of nitrogens with zero attached hydrogens (tertiary/aromatic N) is 2. The van der Waals surface area contributed by atoms with Crippen LogP contribution in [0.4, 0.5) is 0 Å². The van der Waals surface area contributed by atoms with Gasteiger partial charge >= 0.3 is 0 Å². The van der Waals surface area contributed by atoms with Crippen LogP contribution in [0.2, 0.25) is 0 Å². The van der Waals surface area contributed by atoms with Crippen LogP contribution >= 0.6 is 35.1 Å². The van der Waals surface area contributed by atoms with E-state index in [0.29, 0.717) is 10.2 Å². The number of unbranched alkanes of at least 4 members (excludes halogenated alkanes) is 1. The molecular weight excluding hydrogens is 229 g/mol. The Labute approximate surface area is 92.2 Å². The molecule has 0 unspecified atom stereocenters. The van der Waals surface area contributed by atoms with Gasteiger partial charge in [0.25, 0.3) is 0 Å². The summed E-state index contributed by atoms with van der Waals surface area (Å²) >= 11 is 13.0. The van der Waals surface area contributed by atoms with Gasteiger partial charge in [0.15, 0.2) is 5.17 Å². The van der Waals surface area contributed by atoms with Crippen molar-refractivity contribution in [1.29, 1.82) is 0 Å². The molecule has 6 heteroatoms. The van der Waals surface area contributed by atoms with Gasteiger partial charge < -0.3 is 0 Å². The highest BCUT2D eigenvalue weighted by molar-refractivity contribution is 7.96. The van der Waals surface area contributed by atoms with Crippen LogP contribution < -0.4 is 5.43 Å². The average molecular weight is 240 g/mol. The first-order chi connectivity index (χ1) is 6.24. The highest BCUT2D eigenvalue weighted by atomic mass is 35.5. The van der Waals surface area contributed by atoms with Crippen LogP contribution in [0.1, 0.15) is 19.8 Å². The highest BCUT2D eigenvalue weighted by Crippen LogP contribution is 2.18. The van der Waals surface area contributed by atoms with Gasteiger partial charge in [0.2, 0.25) is 0 Å². The summed E-state index contributed by atoms with van der Waals surface area (Å²) in [5.41, 5.74) is 2.89. The lowest BCUT2D eigenvalue weighted by molar-refractivity contribution is 0.429. The second-order valence-corrected chi connectivity index (χ2v) is 4.25. The largest absolute Gasteiger partial charge is 0.278 e. The summed E-state index contributed by atoms with van der Waals surface area (Å²) in [6.07, 6.45) is 3.96. The fraction of sp³-hybridized carbons (Fsp3) is 0.571. The van der Waals surface area contributed by atoms with Crippen molar-refractivity contribution >= 4 is 40.3 Å². The molecular formula is C7H11Cl2N3S. The van der Waals surface area contributed by atoms with Crippen molar-refractivity contribution in [2.24, 2.45) is 5.10 Å². The van der Waals surface area contributed by atoms with Crippen molar-refractivity contribution in [2.45, 2.75) is 19.8 Å². The van der Waals surface area contributed by atoms with Gasteiger partial charge in [-0.15, -0.1) is 9.62 Å². The third kappa shape index (κ3) is 3.67. The van der Waals surface area contributed by atoms with Crippen LogP contribution in [-0.4, -0.2) is 15.4 Å². The molecule has 0 aliphatic carbocycles. The maximum Gasteiger partial charge on any atom is 0.172 e. The lowest BCUT2D eigenvalue weighted by Gasteiger charge is -2.20. The first-order valence-electron chi connectivity index (χ1n) is 4.03. The minimum Gasteiger partial charge on any atom is -0.278 e.